The predicted octanol–water partition coefficient (Wildman–Crippen LogP) is 2.64. The van der Waals surface area contributed by atoms with Crippen molar-refractivity contribution in [2.75, 3.05) is 13.1 Å². The molecule has 0 bridgehead atoms. The summed E-state index contributed by atoms with van der Waals surface area (Å²) in [5, 5.41) is 12.3. The van der Waals surface area contributed by atoms with Gasteiger partial charge in [-0.1, -0.05) is 30.3 Å². The zero-order valence-corrected chi connectivity index (χ0v) is 13.6. The summed E-state index contributed by atoms with van der Waals surface area (Å²) in [6.45, 7) is 0.938. The first kappa shape index (κ1) is 18.7. The van der Waals surface area contributed by atoms with Gasteiger partial charge < -0.3 is 10.4 Å². The molecule has 1 aliphatic heterocycles. The molecule has 2 N–H and O–H groups in total. The third kappa shape index (κ3) is 5.21. The molecule has 2 rings (SSSR count). The van der Waals surface area contributed by atoms with Crippen LogP contribution in [0.5, 0.6) is 0 Å². The van der Waals surface area contributed by atoms with Gasteiger partial charge in [0.05, 0.1) is 12.1 Å². The number of alkyl halides is 3. The zero-order valence-electron chi connectivity index (χ0n) is 13.6. The van der Waals surface area contributed by atoms with Gasteiger partial charge in [0.25, 0.3) is 0 Å². The van der Waals surface area contributed by atoms with E-state index < -0.39 is 30.8 Å². The Morgan fingerprint density at radius 1 is 1.38 bits per heavy atom. The van der Waals surface area contributed by atoms with E-state index >= 15 is 0 Å². The van der Waals surface area contributed by atoms with Gasteiger partial charge in [0.1, 0.15) is 6.54 Å². The van der Waals surface area contributed by atoms with Gasteiger partial charge in [0, 0.05) is 6.04 Å². The van der Waals surface area contributed by atoms with Crippen molar-refractivity contribution >= 4 is 5.91 Å². The summed E-state index contributed by atoms with van der Waals surface area (Å²) in [5.41, 5.74) is 0.804. The summed E-state index contributed by atoms with van der Waals surface area (Å²) < 4.78 is 36.7. The smallest absolute Gasteiger partial charge is 0.388 e. The molecule has 134 valence electrons. The molecule has 7 heteroatoms. The predicted molar refractivity (Wildman–Crippen MR) is 84.3 cm³/mol. The number of aliphatic hydroxyl groups is 1. The lowest BCUT2D eigenvalue weighted by Crippen LogP contribution is -2.49. The molecule has 0 spiro atoms. The van der Waals surface area contributed by atoms with Crippen LogP contribution in [-0.4, -0.2) is 47.3 Å². The molecular formula is C17H23F3N2O2. The minimum atomic E-state index is -4.41. The highest BCUT2D eigenvalue weighted by molar-refractivity contribution is 5.81. The second-order valence-electron chi connectivity index (χ2n) is 6.21. The number of hydrogen-bond donors (Lipinski definition) is 2. The van der Waals surface area contributed by atoms with Crippen molar-refractivity contribution in [3.63, 3.8) is 0 Å². The second kappa shape index (κ2) is 7.98. The molecule has 1 fully saturated rings. The van der Waals surface area contributed by atoms with Crippen molar-refractivity contribution in [2.24, 2.45) is 0 Å². The van der Waals surface area contributed by atoms with Crippen LogP contribution in [0.2, 0.25) is 0 Å². The summed E-state index contributed by atoms with van der Waals surface area (Å²) >= 11 is 0. The van der Waals surface area contributed by atoms with Crippen molar-refractivity contribution in [3.8, 4) is 0 Å². The first-order valence-electron chi connectivity index (χ1n) is 8.11. The summed E-state index contributed by atoms with van der Waals surface area (Å²) in [6, 6.07) is 8.56. The summed E-state index contributed by atoms with van der Waals surface area (Å²) in [4.78, 5) is 13.8. The molecule has 1 aromatic rings. The highest BCUT2D eigenvalue weighted by Gasteiger charge is 2.35. The Kier molecular flexibility index (Phi) is 6.23. The second-order valence-corrected chi connectivity index (χ2v) is 6.21. The van der Waals surface area contributed by atoms with Gasteiger partial charge in [-0.05, 0) is 38.3 Å². The number of carbonyl (C=O) groups excluding carboxylic acids is 1. The maximum absolute atomic E-state index is 12.2. The molecular weight excluding hydrogens is 321 g/mol. The number of likely N-dealkylation sites (tertiary alicyclic amines) is 1. The monoisotopic (exact) mass is 344 g/mol. The van der Waals surface area contributed by atoms with Gasteiger partial charge in [-0.15, -0.1) is 0 Å². The number of benzene rings is 1. The fourth-order valence-corrected chi connectivity index (χ4v) is 3.18. The summed E-state index contributed by atoms with van der Waals surface area (Å²) in [6.07, 6.45) is -2.92. The molecule has 0 aliphatic carbocycles. The zero-order chi connectivity index (χ0) is 17.7. The summed E-state index contributed by atoms with van der Waals surface area (Å²) in [5.74, 6) is -0.631. The first-order chi connectivity index (χ1) is 11.3. The number of carbonyl (C=O) groups is 1. The molecule has 1 amide bonds. The number of nitrogens with one attached hydrogen (secondary N) is 1. The van der Waals surface area contributed by atoms with E-state index in [1.54, 1.807) is 6.92 Å². The maximum Gasteiger partial charge on any atom is 0.405 e. The minimum absolute atomic E-state index is 0.0214. The fourth-order valence-electron chi connectivity index (χ4n) is 3.18. The Hall–Kier alpha value is -1.60. The lowest BCUT2D eigenvalue weighted by molar-refractivity contribution is -0.141. The van der Waals surface area contributed by atoms with E-state index in [0.717, 1.165) is 18.4 Å². The van der Waals surface area contributed by atoms with E-state index in [1.165, 1.54) is 0 Å². The normalized spacial score (nSPS) is 21.5. The Morgan fingerprint density at radius 2 is 2.04 bits per heavy atom. The third-order valence-corrected chi connectivity index (χ3v) is 4.44. The van der Waals surface area contributed by atoms with E-state index in [9.17, 15) is 23.1 Å². The lowest BCUT2D eigenvalue weighted by Gasteiger charge is -2.31. The van der Waals surface area contributed by atoms with Crippen LogP contribution in [0.25, 0.3) is 0 Å². The van der Waals surface area contributed by atoms with Gasteiger partial charge in [-0.3, -0.25) is 9.69 Å². The average molecular weight is 344 g/mol. The fraction of sp³-hybridized carbons (Fsp3) is 0.588. The highest BCUT2D eigenvalue weighted by atomic mass is 19.4. The molecule has 0 saturated carbocycles. The summed E-state index contributed by atoms with van der Waals surface area (Å²) in [7, 11) is 0. The van der Waals surface area contributed by atoms with E-state index in [1.807, 2.05) is 40.5 Å². The maximum atomic E-state index is 12.2. The quantitative estimate of drug-likeness (QED) is 0.834. The molecule has 0 aromatic heterocycles. The number of halogens is 3. The molecule has 1 heterocycles. The van der Waals surface area contributed by atoms with E-state index in [0.29, 0.717) is 13.0 Å². The van der Waals surface area contributed by atoms with E-state index in [2.05, 4.69) is 0 Å². The Balaban J connectivity index is 1.93. The standard InChI is InChI=1S/C17H23F3N2O2/c1-12(16(24)21-11-17(18,19)20)22-9-5-8-14(22)10-15(23)13-6-3-2-4-7-13/h2-4,6-7,12,14-15,23H,5,8-11H2,1H3,(H,21,24). The van der Waals surface area contributed by atoms with Crippen molar-refractivity contribution < 1.29 is 23.1 Å². The molecule has 4 nitrogen and oxygen atoms in total. The number of aliphatic hydroxyl groups excluding tert-OH is 1. The Bertz CT molecular complexity index is 536. The third-order valence-electron chi connectivity index (χ3n) is 4.44. The van der Waals surface area contributed by atoms with Crippen molar-refractivity contribution in [1.29, 1.82) is 0 Å². The van der Waals surface area contributed by atoms with Crippen LogP contribution in [-0.2, 0) is 4.79 Å². The van der Waals surface area contributed by atoms with Crippen LogP contribution in [0.4, 0.5) is 13.2 Å². The van der Waals surface area contributed by atoms with Gasteiger partial charge >= 0.3 is 6.18 Å². The van der Waals surface area contributed by atoms with Crippen LogP contribution >= 0.6 is 0 Å². The number of hydrogen-bond acceptors (Lipinski definition) is 3. The minimum Gasteiger partial charge on any atom is -0.388 e. The van der Waals surface area contributed by atoms with Gasteiger partial charge in [-0.25, -0.2) is 0 Å². The van der Waals surface area contributed by atoms with Crippen molar-refractivity contribution in [1.82, 2.24) is 10.2 Å². The van der Waals surface area contributed by atoms with Gasteiger partial charge in [0.2, 0.25) is 5.91 Å². The topological polar surface area (TPSA) is 52.6 Å². The van der Waals surface area contributed by atoms with Crippen molar-refractivity contribution in [3.05, 3.63) is 35.9 Å². The largest absolute Gasteiger partial charge is 0.405 e. The number of amides is 1. The molecule has 3 atom stereocenters. The molecule has 0 radical (unpaired) electrons. The molecule has 1 aliphatic rings. The van der Waals surface area contributed by atoms with Crippen molar-refractivity contribution in [2.45, 2.75) is 50.6 Å². The SMILES string of the molecule is CC(C(=O)NCC(F)(F)F)N1CCCC1CC(O)c1ccccc1. The highest BCUT2D eigenvalue weighted by Crippen LogP contribution is 2.29. The lowest BCUT2D eigenvalue weighted by atomic mass is 10.00. The number of rotatable bonds is 6. The average Bonchev–Trinajstić information content (AvgIpc) is 3.00. The van der Waals surface area contributed by atoms with Gasteiger partial charge in [0.15, 0.2) is 0 Å². The van der Waals surface area contributed by atoms with E-state index in [-0.39, 0.29) is 6.04 Å². The molecule has 24 heavy (non-hydrogen) atoms. The van der Waals surface area contributed by atoms with Crippen LogP contribution in [0.1, 0.15) is 37.9 Å². The first-order valence-corrected chi connectivity index (χ1v) is 8.11. The van der Waals surface area contributed by atoms with Crippen LogP contribution in [0.15, 0.2) is 30.3 Å². The van der Waals surface area contributed by atoms with Gasteiger partial charge in [-0.2, -0.15) is 13.2 Å². The number of nitrogens with zero attached hydrogens (tertiary/aromatic N) is 1. The Morgan fingerprint density at radius 3 is 2.67 bits per heavy atom. The van der Waals surface area contributed by atoms with Crippen LogP contribution in [0, 0.1) is 0 Å². The van der Waals surface area contributed by atoms with Crippen LogP contribution < -0.4 is 5.32 Å². The molecule has 1 saturated heterocycles. The Labute approximate surface area is 139 Å². The van der Waals surface area contributed by atoms with E-state index in [4.69, 9.17) is 0 Å². The molecule has 3 unspecified atom stereocenters. The molecule has 1 aromatic carbocycles. The van der Waals surface area contributed by atoms with Crippen LogP contribution in [0.3, 0.4) is 0 Å².